The number of carbonyl (C=O) groups is 1. The molecule has 0 radical (unpaired) electrons. The molecule has 1 aliphatic heterocycles. The highest BCUT2D eigenvalue weighted by Gasteiger charge is 2.26. The molecule has 0 saturated carbocycles. The molecule has 1 rings (SSSR count). The van der Waals surface area contributed by atoms with Crippen LogP contribution in [0, 0.1) is 12.3 Å². The Morgan fingerprint density at radius 2 is 2.22 bits per heavy atom. The van der Waals surface area contributed by atoms with Gasteiger partial charge in [0.1, 0.15) is 12.6 Å². The fourth-order valence-electron chi connectivity index (χ4n) is 1.46. The summed E-state index contributed by atoms with van der Waals surface area (Å²) >= 11 is 0. The van der Waals surface area contributed by atoms with Gasteiger partial charge in [-0.15, -0.1) is 6.42 Å². The summed E-state index contributed by atoms with van der Waals surface area (Å²) in [6, 6.07) is -0.392. The van der Waals surface area contributed by atoms with Crippen molar-refractivity contribution >= 4 is 5.97 Å². The Hall–Kier alpha value is -1.55. The smallest absolute Gasteiger partial charge is 0.329 e. The highest BCUT2D eigenvalue weighted by Crippen LogP contribution is 2.06. The van der Waals surface area contributed by atoms with Gasteiger partial charge in [-0.25, -0.2) is 9.80 Å². The van der Waals surface area contributed by atoms with Crippen molar-refractivity contribution in [2.45, 2.75) is 6.04 Å². The van der Waals surface area contributed by atoms with E-state index in [2.05, 4.69) is 16.1 Å². The van der Waals surface area contributed by atoms with Crippen LogP contribution in [0.3, 0.4) is 0 Å². The predicted octanol–water partition coefficient (Wildman–Crippen LogP) is -0.472. The molecular weight excluding hydrogens is 236 g/mol. The van der Waals surface area contributed by atoms with Crippen LogP contribution in [0.15, 0.2) is 12.3 Å². The summed E-state index contributed by atoms with van der Waals surface area (Å²) in [5, 5.41) is 1.74. The van der Waals surface area contributed by atoms with Gasteiger partial charge in [0.25, 0.3) is 0 Å². The van der Waals surface area contributed by atoms with Gasteiger partial charge in [-0.2, -0.15) is 0 Å². The van der Waals surface area contributed by atoms with Crippen LogP contribution in [0.2, 0.25) is 0 Å². The summed E-state index contributed by atoms with van der Waals surface area (Å²) in [4.78, 5) is 11.4. The van der Waals surface area contributed by atoms with Crippen LogP contribution in [0.5, 0.6) is 0 Å². The number of methoxy groups -OCH3 is 1. The average Bonchev–Trinajstić information content (AvgIpc) is 2.85. The molecule has 100 valence electrons. The van der Waals surface area contributed by atoms with Gasteiger partial charge in [0.2, 0.25) is 0 Å². The van der Waals surface area contributed by atoms with Crippen LogP contribution < -0.4 is 5.43 Å². The highest BCUT2D eigenvalue weighted by molar-refractivity contribution is 5.78. The summed E-state index contributed by atoms with van der Waals surface area (Å²) < 4.78 is 15.1. The number of esters is 1. The van der Waals surface area contributed by atoms with Gasteiger partial charge in [-0.05, 0) is 6.08 Å². The van der Waals surface area contributed by atoms with Crippen molar-refractivity contribution in [1.82, 2.24) is 10.4 Å². The number of carbonyl (C=O) groups excluding carboxylic acids is 1. The van der Waals surface area contributed by atoms with Crippen LogP contribution in [0.25, 0.3) is 0 Å². The first-order valence-electron chi connectivity index (χ1n) is 5.66. The Morgan fingerprint density at radius 3 is 2.94 bits per heavy atom. The summed E-state index contributed by atoms with van der Waals surface area (Å²) in [5.74, 6) is 2.07. The van der Waals surface area contributed by atoms with Crippen LogP contribution >= 0.6 is 0 Å². The lowest BCUT2D eigenvalue weighted by atomic mass is 10.3. The molecule has 0 aromatic heterocycles. The van der Waals surface area contributed by atoms with Crippen LogP contribution in [-0.2, 0) is 19.0 Å². The number of hydrogen-bond donors (Lipinski definition) is 1. The Balaban J connectivity index is 2.09. The third-order valence-corrected chi connectivity index (χ3v) is 2.33. The van der Waals surface area contributed by atoms with Crippen LogP contribution in [-0.4, -0.2) is 57.1 Å². The van der Waals surface area contributed by atoms with E-state index in [1.54, 1.807) is 17.3 Å². The first-order chi connectivity index (χ1) is 8.79. The first-order valence-corrected chi connectivity index (χ1v) is 5.66. The average molecular weight is 254 g/mol. The number of nitrogens with one attached hydrogen (secondary N) is 1. The van der Waals surface area contributed by atoms with Crippen LogP contribution in [0.4, 0.5) is 0 Å². The molecule has 6 nitrogen and oxygen atoms in total. The zero-order valence-electron chi connectivity index (χ0n) is 10.4. The number of hydrazine groups is 1. The molecular formula is C12H18N2O4. The van der Waals surface area contributed by atoms with Crippen molar-refractivity contribution in [3.05, 3.63) is 12.3 Å². The molecule has 0 fully saturated rings. The standard InChI is InChI=1S/C12H18N2O4/c1-3-7-17-9-10-18-8-6-14-11(4-5-13-14)12(15)16-2/h1,4-5,11,13H,6-10H2,2H3. The normalized spacial score (nSPS) is 18.3. The number of rotatable bonds is 8. The van der Waals surface area contributed by atoms with E-state index in [9.17, 15) is 4.79 Å². The van der Waals surface area contributed by atoms with E-state index in [0.29, 0.717) is 33.0 Å². The third kappa shape index (κ3) is 4.75. The topological polar surface area (TPSA) is 60.0 Å². The number of hydrogen-bond acceptors (Lipinski definition) is 6. The Morgan fingerprint density at radius 1 is 1.44 bits per heavy atom. The van der Waals surface area contributed by atoms with Gasteiger partial charge in [-0.1, -0.05) is 5.92 Å². The molecule has 0 aromatic rings. The van der Waals surface area contributed by atoms with Crippen molar-refractivity contribution in [1.29, 1.82) is 0 Å². The van der Waals surface area contributed by atoms with Gasteiger partial charge >= 0.3 is 5.97 Å². The first kappa shape index (κ1) is 14.5. The zero-order valence-corrected chi connectivity index (χ0v) is 10.4. The second-order valence-corrected chi connectivity index (χ2v) is 3.52. The van der Waals surface area contributed by atoms with E-state index in [1.165, 1.54) is 7.11 Å². The molecule has 0 spiro atoms. The molecule has 1 aliphatic rings. The maximum Gasteiger partial charge on any atom is 0.329 e. The van der Waals surface area contributed by atoms with E-state index < -0.39 is 6.04 Å². The van der Waals surface area contributed by atoms with E-state index in [0.717, 1.165) is 0 Å². The van der Waals surface area contributed by atoms with Crippen molar-refractivity contribution in [3.8, 4) is 12.3 Å². The van der Waals surface area contributed by atoms with Crippen molar-refractivity contribution < 1.29 is 19.0 Å². The van der Waals surface area contributed by atoms with E-state index >= 15 is 0 Å². The monoisotopic (exact) mass is 254 g/mol. The summed E-state index contributed by atoms with van der Waals surface area (Å²) in [7, 11) is 1.37. The minimum atomic E-state index is -0.392. The number of terminal acetylenes is 1. The lowest BCUT2D eigenvalue weighted by molar-refractivity contribution is -0.145. The number of nitrogens with zero attached hydrogens (tertiary/aromatic N) is 1. The zero-order chi connectivity index (χ0) is 13.2. The summed E-state index contributed by atoms with van der Waals surface area (Å²) in [6.45, 7) is 2.30. The molecule has 0 aliphatic carbocycles. The molecule has 0 aromatic carbocycles. The largest absolute Gasteiger partial charge is 0.468 e. The van der Waals surface area contributed by atoms with Gasteiger partial charge in [-0.3, -0.25) is 0 Å². The molecule has 1 atom stereocenters. The quantitative estimate of drug-likeness (QED) is 0.359. The van der Waals surface area contributed by atoms with E-state index in [1.807, 2.05) is 0 Å². The van der Waals surface area contributed by atoms with Gasteiger partial charge in [0.05, 0.1) is 26.9 Å². The minimum absolute atomic E-state index is 0.297. The molecule has 1 N–H and O–H groups in total. The maximum atomic E-state index is 11.4. The van der Waals surface area contributed by atoms with Crippen molar-refractivity contribution in [2.24, 2.45) is 0 Å². The SMILES string of the molecule is C#CCOCCOCCN1NC=CC1C(=O)OC. The minimum Gasteiger partial charge on any atom is -0.468 e. The van der Waals surface area contributed by atoms with E-state index in [4.69, 9.17) is 15.9 Å². The van der Waals surface area contributed by atoms with Crippen molar-refractivity contribution in [2.75, 3.05) is 40.1 Å². The van der Waals surface area contributed by atoms with Crippen LogP contribution in [0.1, 0.15) is 0 Å². The lowest BCUT2D eigenvalue weighted by Crippen LogP contribution is -2.44. The second-order valence-electron chi connectivity index (χ2n) is 3.52. The lowest BCUT2D eigenvalue weighted by Gasteiger charge is -2.22. The summed E-state index contributed by atoms with van der Waals surface area (Å²) in [6.07, 6.45) is 8.47. The van der Waals surface area contributed by atoms with Gasteiger partial charge in [0.15, 0.2) is 0 Å². The Kier molecular flexibility index (Phi) is 6.87. The fraction of sp³-hybridized carbons (Fsp3) is 0.583. The van der Waals surface area contributed by atoms with E-state index in [-0.39, 0.29) is 5.97 Å². The Bertz CT molecular complexity index is 325. The molecule has 1 heterocycles. The summed E-state index contributed by atoms with van der Waals surface area (Å²) in [5.41, 5.74) is 2.95. The molecule has 0 bridgehead atoms. The molecule has 6 heteroatoms. The second kappa shape index (κ2) is 8.53. The third-order valence-electron chi connectivity index (χ3n) is 2.33. The van der Waals surface area contributed by atoms with Gasteiger partial charge in [0, 0.05) is 12.7 Å². The molecule has 0 amide bonds. The molecule has 1 unspecified atom stereocenters. The van der Waals surface area contributed by atoms with Gasteiger partial charge < -0.3 is 19.6 Å². The molecule has 18 heavy (non-hydrogen) atoms. The van der Waals surface area contributed by atoms with Crippen molar-refractivity contribution in [3.63, 3.8) is 0 Å². The predicted molar refractivity (Wildman–Crippen MR) is 65.3 cm³/mol. The maximum absolute atomic E-state index is 11.4. The number of ether oxygens (including phenoxy) is 3. The Labute approximate surface area is 107 Å². The fourth-order valence-corrected chi connectivity index (χ4v) is 1.46. The highest BCUT2D eigenvalue weighted by atomic mass is 16.5. The molecule has 0 saturated heterocycles.